The summed E-state index contributed by atoms with van der Waals surface area (Å²) in [5, 5.41) is 9.95. The van der Waals surface area contributed by atoms with Crippen LogP contribution in [0.3, 0.4) is 0 Å². The van der Waals surface area contributed by atoms with Crippen molar-refractivity contribution >= 4 is 17.7 Å². The fourth-order valence-corrected chi connectivity index (χ4v) is 4.56. The molecule has 0 aliphatic heterocycles. The van der Waals surface area contributed by atoms with Gasteiger partial charge in [-0.15, -0.1) is 0 Å². The highest BCUT2D eigenvalue weighted by atomic mass is 19.1. The summed E-state index contributed by atoms with van der Waals surface area (Å²) in [6, 6.07) is 13.6. The molecule has 0 spiro atoms. The van der Waals surface area contributed by atoms with E-state index in [2.05, 4.69) is 68.8 Å². The predicted octanol–water partition coefficient (Wildman–Crippen LogP) is 7.55. The molecule has 1 unspecified atom stereocenters. The molecule has 0 amide bonds. The summed E-state index contributed by atoms with van der Waals surface area (Å²) >= 11 is 0. The van der Waals surface area contributed by atoms with Gasteiger partial charge in [0.1, 0.15) is 5.82 Å². The fourth-order valence-electron chi connectivity index (χ4n) is 4.56. The maximum absolute atomic E-state index is 14.5. The summed E-state index contributed by atoms with van der Waals surface area (Å²) in [7, 11) is 4.19. The van der Waals surface area contributed by atoms with E-state index in [9.17, 15) is 9.50 Å². The Balaban J connectivity index is 2.11. The Bertz CT molecular complexity index is 1260. The normalized spacial score (nSPS) is 12.2. The Labute approximate surface area is 228 Å². The van der Waals surface area contributed by atoms with Crippen LogP contribution in [0.5, 0.6) is 5.75 Å². The van der Waals surface area contributed by atoms with E-state index in [0.29, 0.717) is 24.2 Å². The number of para-hydroxylation sites is 1. The quantitative estimate of drug-likeness (QED) is 0.252. The highest BCUT2D eigenvalue weighted by molar-refractivity contribution is 5.90. The minimum atomic E-state index is -0.641. The van der Waals surface area contributed by atoms with Gasteiger partial charge in [0.05, 0.1) is 5.69 Å². The Morgan fingerprint density at radius 2 is 1.79 bits per heavy atom. The molecule has 0 bridgehead atoms. The molecule has 204 valence electrons. The van der Waals surface area contributed by atoms with Gasteiger partial charge in [-0.3, -0.25) is 4.99 Å². The van der Waals surface area contributed by atoms with Crippen LogP contribution in [0.4, 0.5) is 15.9 Å². The van der Waals surface area contributed by atoms with Gasteiger partial charge in [0.15, 0.2) is 11.6 Å². The summed E-state index contributed by atoms with van der Waals surface area (Å²) in [5.41, 5.74) is 6.66. The lowest BCUT2D eigenvalue weighted by atomic mass is 9.98. The molecule has 0 aliphatic carbocycles. The van der Waals surface area contributed by atoms with Crippen molar-refractivity contribution in [2.24, 2.45) is 4.99 Å². The molecule has 1 N–H and O–H groups in total. The van der Waals surface area contributed by atoms with Gasteiger partial charge in [-0.25, -0.2) is 9.37 Å². The summed E-state index contributed by atoms with van der Waals surface area (Å²) < 4.78 is 14.5. The molecule has 1 atom stereocenters. The zero-order chi connectivity index (χ0) is 27.8. The highest BCUT2D eigenvalue weighted by Gasteiger charge is 2.19. The molecule has 3 rings (SSSR count). The number of aliphatic imine (C=N–C) groups is 1. The first-order valence-electron chi connectivity index (χ1n) is 13.8. The number of pyridine rings is 1. The minimum absolute atomic E-state index is 0.207. The van der Waals surface area contributed by atoms with E-state index in [1.807, 2.05) is 26.3 Å². The summed E-state index contributed by atoms with van der Waals surface area (Å²) in [6.07, 6.45) is 5.84. The lowest BCUT2D eigenvalue weighted by molar-refractivity contribution is 0.432. The lowest BCUT2D eigenvalue weighted by Gasteiger charge is -2.27. The van der Waals surface area contributed by atoms with Gasteiger partial charge >= 0.3 is 0 Å². The smallest absolute Gasteiger partial charge is 0.165 e. The van der Waals surface area contributed by atoms with Crippen LogP contribution in [0.15, 0.2) is 47.5 Å². The van der Waals surface area contributed by atoms with Gasteiger partial charge < -0.3 is 14.9 Å². The molecule has 0 aliphatic rings. The highest BCUT2D eigenvalue weighted by Crippen LogP contribution is 2.33. The SMILES string of the molecule is CCCCN(C)c1ccccc1CN(C)c1nc(-c2cc(F)c(O)cc2CC)cc(C)c1/C=N\C(C)CC. The molecule has 0 fully saturated rings. The van der Waals surface area contributed by atoms with Gasteiger partial charge in [0.25, 0.3) is 0 Å². The maximum Gasteiger partial charge on any atom is 0.165 e. The number of rotatable bonds is 12. The number of phenols is 1. The van der Waals surface area contributed by atoms with Crippen molar-refractivity contribution in [2.45, 2.75) is 72.9 Å². The number of hydrogen-bond donors (Lipinski definition) is 1. The second kappa shape index (κ2) is 13.4. The summed E-state index contributed by atoms with van der Waals surface area (Å²) in [6.45, 7) is 12.2. The second-order valence-electron chi connectivity index (χ2n) is 10.2. The third-order valence-corrected chi connectivity index (χ3v) is 7.14. The van der Waals surface area contributed by atoms with E-state index in [4.69, 9.17) is 9.98 Å². The van der Waals surface area contributed by atoms with Gasteiger partial charge in [-0.2, -0.15) is 0 Å². The van der Waals surface area contributed by atoms with Crippen molar-refractivity contribution in [3.05, 3.63) is 70.5 Å². The number of phenolic OH excluding ortho intramolecular Hbond substituents is 1. The second-order valence-corrected chi connectivity index (χ2v) is 10.2. The Hall–Kier alpha value is -3.41. The summed E-state index contributed by atoms with van der Waals surface area (Å²) in [5.74, 6) is -0.174. The minimum Gasteiger partial charge on any atom is -0.505 e. The molecule has 0 saturated carbocycles. The van der Waals surface area contributed by atoms with E-state index in [-0.39, 0.29) is 11.8 Å². The van der Waals surface area contributed by atoms with Crippen molar-refractivity contribution < 1.29 is 9.50 Å². The van der Waals surface area contributed by atoms with Crippen molar-refractivity contribution in [3.63, 3.8) is 0 Å². The first-order valence-corrected chi connectivity index (χ1v) is 13.8. The monoisotopic (exact) mass is 518 g/mol. The van der Waals surface area contributed by atoms with Crippen LogP contribution in [-0.4, -0.2) is 43.0 Å². The predicted molar refractivity (Wildman–Crippen MR) is 159 cm³/mol. The standard InChI is InChI=1S/C32H43FN4O/c1-8-11-16-36(6)30-15-13-12-14-25(30)21-37(7)32-27(20-34-23(5)9-2)22(4)17-29(35-32)26-19-28(33)31(38)18-24(26)10-3/h12-15,17-20,23,38H,8-11,16,21H2,1-7H3/b34-20-. The van der Waals surface area contributed by atoms with Gasteiger partial charge in [0, 0.05) is 56.3 Å². The molecule has 3 aromatic rings. The van der Waals surface area contributed by atoms with Crippen LogP contribution < -0.4 is 9.80 Å². The van der Waals surface area contributed by atoms with E-state index in [0.717, 1.165) is 48.3 Å². The number of hydrogen-bond acceptors (Lipinski definition) is 5. The molecule has 1 heterocycles. The largest absolute Gasteiger partial charge is 0.505 e. The number of nitrogens with zero attached hydrogens (tertiary/aromatic N) is 4. The van der Waals surface area contributed by atoms with Crippen molar-refractivity contribution in [1.29, 1.82) is 0 Å². The molecule has 5 nitrogen and oxygen atoms in total. The third kappa shape index (κ3) is 6.91. The van der Waals surface area contributed by atoms with Gasteiger partial charge in [0.2, 0.25) is 0 Å². The number of halogens is 1. The average Bonchev–Trinajstić information content (AvgIpc) is 2.91. The van der Waals surface area contributed by atoms with Crippen LogP contribution in [-0.2, 0) is 13.0 Å². The first-order chi connectivity index (χ1) is 18.2. The maximum atomic E-state index is 14.5. The number of unbranched alkanes of at least 4 members (excludes halogenated alkanes) is 1. The van der Waals surface area contributed by atoms with Crippen LogP contribution in [0, 0.1) is 12.7 Å². The molecule has 0 saturated heterocycles. The van der Waals surface area contributed by atoms with E-state index in [1.54, 1.807) is 0 Å². The molecule has 6 heteroatoms. The van der Waals surface area contributed by atoms with Gasteiger partial charge in [-0.05, 0) is 74.1 Å². The Morgan fingerprint density at radius 1 is 1.05 bits per heavy atom. The number of aryl methyl sites for hydroxylation is 2. The summed E-state index contributed by atoms with van der Waals surface area (Å²) in [4.78, 5) is 14.3. The fraction of sp³-hybridized carbons (Fsp3) is 0.438. The Kier molecular flexibility index (Phi) is 10.3. The molecule has 38 heavy (non-hydrogen) atoms. The zero-order valence-corrected chi connectivity index (χ0v) is 24.1. The molecule has 2 aromatic carbocycles. The van der Waals surface area contributed by atoms with Crippen LogP contribution >= 0.6 is 0 Å². The van der Waals surface area contributed by atoms with Crippen molar-refractivity contribution in [3.8, 4) is 17.0 Å². The van der Waals surface area contributed by atoms with Gasteiger partial charge in [-0.1, -0.05) is 45.4 Å². The van der Waals surface area contributed by atoms with Crippen LogP contribution in [0.25, 0.3) is 11.3 Å². The number of benzene rings is 2. The molecule has 0 radical (unpaired) electrons. The lowest BCUT2D eigenvalue weighted by Crippen LogP contribution is -2.24. The molecular weight excluding hydrogens is 475 g/mol. The molecule has 1 aromatic heterocycles. The van der Waals surface area contributed by atoms with E-state index >= 15 is 0 Å². The number of aromatic nitrogens is 1. The first kappa shape index (κ1) is 29.2. The van der Waals surface area contributed by atoms with Crippen molar-refractivity contribution in [2.75, 3.05) is 30.4 Å². The van der Waals surface area contributed by atoms with E-state index < -0.39 is 5.82 Å². The zero-order valence-electron chi connectivity index (χ0n) is 24.1. The van der Waals surface area contributed by atoms with Crippen molar-refractivity contribution in [1.82, 2.24) is 4.98 Å². The molecular formula is C32H43FN4O. The Morgan fingerprint density at radius 3 is 2.47 bits per heavy atom. The third-order valence-electron chi connectivity index (χ3n) is 7.14. The van der Waals surface area contributed by atoms with Crippen LogP contribution in [0.2, 0.25) is 0 Å². The van der Waals surface area contributed by atoms with Crippen LogP contribution in [0.1, 0.15) is 69.2 Å². The number of anilines is 2. The topological polar surface area (TPSA) is 52.0 Å². The average molecular weight is 519 g/mol. The van der Waals surface area contributed by atoms with E-state index in [1.165, 1.54) is 23.4 Å². The number of aromatic hydroxyl groups is 1.